The van der Waals surface area contributed by atoms with E-state index >= 15 is 0 Å². The average molecular weight is 157 g/mol. The number of H-pyrrole nitrogens is 1. The second kappa shape index (κ2) is 3.55. The summed E-state index contributed by atoms with van der Waals surface area (Å²) in [5, 5.41) is 1.07. The molecule has 4 heteroatoms. The van der Waals surface area contributed by atoms with E-state index in [1.165, 1.54) is 0 Å². The standard InChI is InChI=1S/C6H11NO2Si/c1-8-10(9-2)6-4-3-5-7-6/h3-5,7,10H,1-2H3. The van der Waals surface area contributed by atoms with Crippen LogP contribution in [0.2, 0.25) is 0 Å². The Morgan fingerprint density at radius 1 is 1.40 bits per heavy atom. The summed E-state index contributed by atoms with van der Waals surface area (Å²) >= 11 is 0. The van der Waals surface area contributed by atoms with Crippen LogP contribution in [0.15, 0.2) is 18.3 Å². The molecular weight excluding hydrogens is 146 g/mol. The van der Waals surface area contributed by atoms with Crippen LogP contribution >= 0.6 is 0 Å². The fourth-order valence-corrected chi connectivity index (χ4v) is 2.04. The van der Waals surface area contributed by atoms with Crippen molar-refractivity contribution in [2.75, 3.05) is 14.2 Å². The van der Waals surface area contributed by atoms with Crippen LogP contribution in [0.3, 0.4) is 0 Å². The Morgan fingerprint density at radius 2 is 2.10 bits per heavy atom. The first-order chi connectivity index (χ1) is 4.88. The van der Waals surface area contributed by atoms with Crippen molar-refractivity contribution in [2.24, 2.45) is 0 Å². The molecule has 0 fully saturated rings. The van der Waals surface area contributed by atoms with Gasteiger partial charge in [0.15, 0.2) is 0 Å². The minimum absolute atomic E-state index is 1.07. The summed E-state index contributed by atoms with van der Waals surface area (Å²) in [7, 11) is 1.78. The predicted octanol–water partition coefficient (Wildman–Crippen LogP) is -0.265. The molecule has 0 saturated heterocycles. The molecule has 1 N–H and O–H groups in total. The van der Waals surface area contributed by atoms with Crippen molar-refractivity contribution in [1.29, 1.82) is 0 Å². The van der Waals surface area contributed by atoms with Gasteiger partial charge in [0, 0.05) is 20.4 Å². The van der Waals surface area contributed by atoms with Crippen molar-refractivity contribution in [3.8, 4) is 0 Å². The number of nitrogens with one attached hydrogen (secondary N) is 1. The molecule has 0 aliphatic rings. The van der Waals surface area contributed by atoms with E-state index in [1.54, 1.807) is 14.2 Å². The lowest BCUT2D eigenvalue weighted by Crippen LogP contribution is -2.35. The summed E-state index contributed by atoms with van der Waals surface area (Å²) in [6, 6.07) is 3.91. The lowest BCUT2D eigenvalue weighted by atomic mass is 10.7. The largest absolute Gasteiger partial charge is 0.396 e. The van der Waals surface area contributed by atoms with Crippen LogP contribution < -0.4 is 5.32 Å². The molecule has 56 valence electrons. The van der Waals surface area contributed by atoms with Gasteiger partial charge in [0.1, 0.15) is 0 Å². The fourth-order valence-electron chi connectivity index (χ4n) is 0.841. The fraction of sp³-hybridized carbons (Fsp3) is 0.333. The van der Waals surface area contributed by atoms with Crippen LogP contribution in [0.5, 0.6) is 0 Å². The SMILES string of the molecule is CO[SiH](OC)c1ccc[nH]1. The molecule has 0 aromatic carbocycles. The highest BCUT2D eigenvalue weighted by atomic mass is 28.3. The van der Waals surface area contributed by atoms with Gasteiger partial charge in [0.05, 0.1) is 5.32 Å². The van der Waals surface area contributed by atoms with Crippen molar-refractivity contribution in [1.82, 2.24) is 4.98 Å². The normalized spacial score (nSPS) is 10.7. The molecule has 0 spiro atoms. The molecule has 1 heterocycles. The molecule has 0 aliphatic heterocycles. The quantitative estimate of drug-likeness (QED) is 0.613. The van der Waals surface area contributed by atoms with Gasteiger partial charge < -0.3 is 13.8 Å². The van der Waals surface area contributed by atoms with Gasteiger partial charge >= 0.3 is 9.28 Å². The number of hydrogen-bond donors (Lipinski definition) is 1. The van der Waals surface area contributed by atoms with E-state index in [9.17, 15) is 0 Å². The third-order valence-electron chi connectivity index (χ3n) is 1.30. The highest BCUT2D eigenvalue weighted by Crippen LogP contribution is 1.85. The Kier molecular flexibility index (Phi) is 2.67. The van der Waals surface area contributed by atoms with Gasteiger partial charge in [-0.15, -0.1) is 0 Å². The molecule has 0 amide bonds. The Morgan fingerprint density at radius 3 is 2.50 bits per heavy atom. The molecule has 0 atom stereocenters. The van der Waals surface area contributed by atoms with Crippen molar-refractivity contribution >= 4 is 14.6 Å². The maximum absolute atomic E-state index is 5.13. The number of aromatic nitrogens is 1. The smallest absolute Gasteiger partial charge is 0.372 e. The van der Waals surface area contributed by atoms with Crippen molar-refractivity contribution in [3.63, 3.8) is 0 Å². The molecular formula is C6H11NO2Si. The summed E-state index contributed by atoms with van der Waals surface area (Å²) in [6.07, 6.45) is 1.87. The van der Waals surface area contributed by atoms with E-state index < -0.39 is 9.28 Å². The van der Waals surface area contributed by atoms with Gasteiger partial charge in [0.2, 0.25) is 0 Å². The zero-order chi connectivity index (χ0) is 7.40. The maximum atomic E-state index is 5.13. The minimum atomic E-state index is -1.56. The highest BCUT2D eigenvalue weighted by molar-refractivity contribution is 6.60. The van der Waals surface area contributed by atoms with Crippen LogP contribution in [0.25, 0.3) is 0 Å². The summed E-state index contributed by atoms with van der Waals surface area (Å²) in [5.74, 6) is 0. The van der Waals surface area contributed by atoms with Gasteiger partial charge in [0.25, 0.3) is 0 Å². The van der Waals surface area contributed by atoms with Crippen LogP contribution in [-0.4, -0.2) is 28.5 Å². The Bertz CT molecular complexity index is 172. The first-order valence-corrected chi connectivity index (χ1v) is 4.59. The van der Waals surface area contributed by atoms with E-state index in [-0.39, 0.29) is 0 Å². The predicted molar refractivity (Wildman–Crippen MR) is 41.6 cm³/mol. The highest BCUT2D eigenvalue weighted by Gasteiger charge is 2.12. The third-order valence-corrected chi connectivity index (χ3v) is 3.03. The van der Waals surface area contributed by atoms with Gasteiger partial charge in [-0.1, -0.05) is 0 Å². The van der Waals surface area contributed by atoms with Crippen LogP contribution in [-0.2, 0) is 8.85 Å². The maximum Gasteiger partial charge on any atom is 0.372 e. The first kappa shape index (κ1) is 7.52. The van der Waals surface area contributed by atoms with Crippen LogP contribution in [0.4, 0.5) is 0 Å². The molecule has 0 saturated carbocycles. The molecule has 0 bridgehead atoms. The topological polar surface area (TPSA) is 34.2 Å². The van der Waals surface area contributed by atoms with Crippen LogP contribution in [0, 0.1) is 0 Å². The number of hydrogen-bond acceptors (Lipinski definition) is 2. The Hall–Kier alpha value is -0.583. The average Bonchev–Trinajstić information content (AvgIpc) is 2.43. The van der Waals surface area contributed by atoms with Gasteiger partial charge in [-0.3, -0.25) is 0 Å². The summed E-state index contributed by atoms with van der Waals surface area (Å²) in [5.41, 5.74) is 0. The van der Waals surface area contributed by atoms with Gasteiger partial charge in [-0.2, -0.15) is 0 Å². The molecule has 1 rings (SSSR count). The second-order valence-electron chi connectivity index (χ2n) is 1.93. The lowest BCUT2D eigenvalue weighted by molar-refractivity contribution is 0.291. The van der Waals surface area contributed by atoms with E-state index in [1.807, 2.05) is 18.3 Å². The first-order valence-electron chi connectivity index (χ1n) is 3.07. The molecule has 0 unspecified atom stereocenters. The molecule has 0 radical (unpaired) electrons. The second-order valence-corrected chi connectivity index (χ2v) is 4.16. The van der Waals surface area contributed by atoms with Gasteiger partial charge in [-0.05, 0) is 12.1 Å². The van der Waals surface area contributed by atoms with Crippen LogP contribution in [0.1, 0.15) is 0 Å². The van der Waals surface area contributed by atoms with E-state index in [0.29, 0.717) is 0 Å². The van der Waals surface area contributed by atoms with Crippen molar-refractivity contribution in [3.05, 3.63) is 18.3 Å². The number of aromatic amines is 1. The van der Waals surface area contributed by atoms with E-state index in [4.69, 9.17) is 8.85 Å². The van der Waals surface area contributed by atoms with Crippen molar-refractivity contribution in [2.45, 2.75) is 0 Å². The number of rotatable bonds is 3. The zero-order valence-corrected chi connectivity index (χ0v) is 7.28. The summed E-state index contributed by atoms with van der Waals surface area (Å²) < 4.78 is 10.3. The van der Waals surface area contributed by atoms with Crippen molar-refractivity contribution < 1.29 is 8.85 Å². The third kappa shape index (κ3) is 1.47. The molecule has 3 nitrogen and oxygen atoms in total. The lowest BCUT2D eigenvalue weighted by Gasteiger charge is -2.07. The Labute approximate surface area is 61.8 Å². The molecule has 10 heavy (non-hydrogen) atoms. The minimum Gasteiger partial charge on any atom is -0.396 e. The van der Waals surface area contributed by atoms with E-state index in [0.717, 1.165) is 5.32 Å². The summed E-state index contributed by atoms with van der Waals surface area (Å²) in [4.78, 5) is 3.05. The zero-order valence-electron chi connectivity index (χ0n) is 6.13. The monoisotopic (exact) mass is 157 g/mol. The summed E-state index contributed by atoms with van der Waals surface area (Å²) in [6.45, 7) is 0. The Balaban J connectivity index is 2.64. The molecule has 1 aromatic rings. The van der Waals surface area contributed by atoms with Gasteiger partial charge in [-0.25, -0.2) is 0 Å². The molecule has 0 aliphatic carbocycles. The molecule has 1 aromatic heterocycles. The van der Waals surface area contributed by atoms with E-state index in [2.05, 4.69) is 4.98 Å².